The number of primary amides is 1. The summed E-state index contributed by atoms with van der Waals surface area (Å²) >= 11 is 0. The fourth-order valence-corrected chi connectivity index (χ4v) is 4.67. The average Bonchev–Trinajstić information content (AvgIpc) is 2.73. The minimum atomic E-state index is -0.614. The molecule has 4 rings (SSSR count). The molecule has 33 heavy (non-hydrogen) atoms. The Morgan fingerprint density at radius 1 is 1.00 bits per heavy atom. The molecule has 1 aliphatic rings. The lowest BCUT2D eigenvalue weighted by molar-refractivity contribution is 0.248. The van der Waals surface area contributed by atoms with Gasteiger partial charge in [0.1, 0.15) is 5.49 Å². The van der Waals surface area contributed by atoms with E-state index >= 15 is 0 Å². The van der Waals surface area contributed by atoms with Crippen molar-refractivity contribution in [2.45, 2.75) is 54.1 Å². The lowest BCUT2D eigenvalue weighted by Gasteiger charge is -2.24. The summed E-state index contributed by atoms with van der Waals surface area (Å²) in [6.07, 6.45) is 0.801. The maximum Gasteiger partial charge on any atom is 0.330 e. The molecule has 0 saturated carbocycles. The summed E-state index contributed by atoms with van der Waals surface area (Å²) in [5.74, 6) is 0. The van der Waals surface area contributed by atoms with Crippen LogP contribution in [0.5, 0.6) is 0 Å². The van der Waals surface area contributed by atoms with Crippen molar-refractivity contribution in [3.8, 4) is 11.3 Å². The largest absolute Gasteiger partial charge is 0.352 e. The molecule has 172 valence electrons. The van der Waals surface area contributed by atoms with Gasteiger partial charge < -0.3 is 11.1 Å². The molecule has 0 fully saturated rings. The molecule has 2 amide bonds. The Balaban J connectivity index is 1.98. The van der Waals surface area contributed by atoms with Crippen LogP contribution in [0.3, 0.4) is 0 Å². The van der Waals surface area contributed by atoms with E-state index in [0.29, 0.717) is 12.0 Å². The lowest BCUT2D eigenvalue weighted by atomic mass is 9.93. The SMILES string of the molecule is Cc1cc(C)c(N=c2cc3n(c(=O)n2CCNC(N)=O)CCc2cc(C)c(C)cc2-3)c(C)c1. The monoisotopic (exact) mass is 445 g/mol. The zero-order chi connectivity index (χ0) is 23.9. The Kier molecular flexibility index (Phi) is 5.97. The summed E-state index contributed by atoms with van der Waals surface area (Å²) in [6, 6.07) is 9.96. The second-order valence-electron chi connectivity index (χ2n) is 8.97. The quantitative estimate of drug-likeness (QED) is 0.645. The highest BCUT2D eigenvalue weighted by Crippen LogP contribution is 2.30. The van der Waals surface area contributed by atoms with Crippen LogP contribution in [0.2, 0.25) is 0 Å². The van der Waals surface area contributed by atoms with Crippen LogP contribution >= 0.6 is 0 Å². The normalized spacial score (nSPS) is 12.9. The van der Waals surface area contributed by atoms with E-state index in [2.05, 4.69) is 50.4 Å². The number of carbonyl (C=O) groups is 1. The first-order valence-corrected chi connectivity index (χ1v) is 11.3. The molecule has 0 spiro atoms. The smallest absolute Gasteiger partial charge is 0.330 e. The van der Waals surface area contributed by atoms with E-state index in [9.17, 15) is 9.59 Å². The molecule has 0 saturated heterocycles. The maximum absolute atomic E-state index is 13.6. The summed E-state index contributed by atoms with van der Waals surface area (Å²) in [7, 11) is 0. The number of nitrogens with two attached hydrogens (primary N) is 1. The molecule has 0 aliphatic carbocycles. The Hall–Kier alpha value is -3.61. The predicted octanol–water partition coefficient (Wildman–Crippen LogP) is 3.32. The molecular formula is C26H31N5O2. The second-order valence-corrected chi connectivity index (χ2v) is 8.97. The fraction of sp³-hybridized carbons (Fsp3) is 0.346. The van der Waals surface area contributed by atoms with Gasteiger partial charge in [0.2, 0.25) is 0 Å². The lowest BCUT2D eigenvalue weighted by Crippen LogP contribution is -2.44. The van der Waals surface area contributed by atoms with Crippen LogP contribution in [0.15, 0.2) is 40.1 Å². The van der Waals surface area contributed by atoms with Gasteiger partial charge in [-0.3, -0.25) is 9.13 Å². The van der Waals surface area contributed by atoms with E-state index in [-0.39, 0.29) is 18.8 Å². The first-order valence-electron chi connectivity index (χ1n) is 11.3. The highest BCUT2D eigenvalue weighted by molar-refractivity contribution is 5.71. The third kappa shape index (κ3) is 4.35. The number of aromatic nitrogens is 2. The molecule has 1 aliphatic heterocycles. The number of rotatable bonds is 4. The molecule has 0 bridgehead atoms. The van der Waals surface area contributed by atoms with Crippen LogP contribution in [-0.2, 0) is 19.5 Å². The van der Waals surface area contributed by atoms with Gasteiger partial charge in [0.05, 0.1) is 11.4 Å². The number of benzene rings is 2. The van der Waals surface area contributed by atoms with E-state index in [4.69, 9.17) is 10.7 Å². The summed E-state index contributed by atoms with van der Waals surface area (Å²) < 4.78 is 3.44. The van der Waals surface area contributed by atoms with Gasteiger partial charge in [-0.2, -0.15) is 0 Å². The van der Waals surface area contributed by atoms with Crippen LogP contribution in [0, 0.1) is 34.6 Å². The van der Waals surface area contributed by atoms with Crippen LogP contribution in [0.4, 0.5) is 10.5 Å². The van der Waals surface area contributed by atoms with Gasteiger partial charge in [-0.1, -0.05) is 23.8 Å². The van der Waals surface area contributed by atoms with Crippen molar-refractivity contribution in [2.75, 3.05) is 6.54 Å². The summed E-state index contributed by atoms with van der Waals surface area (Å²) in [5.41, 5.74) is 15.5. The van der Waals surface area contributed by atoms with Crippen molar-refractivity contribution in [1.82, 2.24) is 14.5 Å². The van der Waals surface area contributed by atoms with Crippen molar-refractivity contribution >= 4 is 11.7 Å². The van der Waals surface area contributed by atoms with Gasteiger partial charge in [-0.05, 0) is 74.9 Å². The van der Waals surface area contributed by atoms with E-state index in [0.717, 1.165) is 34.5 Å². The summed E-state index contributed by atoms with van der Waals surface area (Å²) in [6.45, 7) is 11.5. The molecule has 3 aromatic rings. The van der Waals surface area contributed by atoms with Gasteiger partial charge in [0.25, 0.3) is 0 Å². The first-order chi connectivity index (χ1) is 15.7. The predicted molar refractivity (Wildman–Crippen MR) is 131 cm³/mol. The van der Waals surface area contributed by atoms with E-state index < -0.39 is 6.03 Å². The highest BCUT2D eigenvalue weighted by Gasteiger charge is 2.20. The number of urea groups is 1. The second kappa shape index (κ2) is 8.73. The number of hydrogen-bond acceptors (Lipinski definition) is 3. The molecule has 0 atom stereocenters. The minimum Gasteiger partial charge on any atom is -0.352 e. The number of hydrogen-bond donors (Lipinski definition) is 2. The van der Waals surface area contributed by atoms with Gasteiger partial charge in [-0.15, -0.1) is 0 Å². The van der Waals surface area contributed by atoms with Gasteiger partial charge in [0, 0.05) is 31.3 Å². The fourth-order valence-electron chi connectivity index (χ4n) is 4.67. The molecule has 0 unspecified atom stereocenters. The molecule has 7 heteroatoms. The topological polar surface area (TPSA) is 94.4 Å². The zero-order valence-corrected chi connectivity index (χ0v) is 20.0. The van der Waals surface area contributed by atoms with Crippen LogP contribution in [0.25, 0.3) is 11.3 Å². The number of nitrogens with one attached hydrogen (secondary N) is 1. The molecule has 1 aromatic heterocycles. The molecule has 0 radical (unpaired) electrons. The Morgan fingerprint density at radius 3 is 2.33 bits per heavy atom. The third-order valence-corrected chi connectivity index (χ3v) is 6.39. The van der Waals surface area contributed by atoms with E-state index in [1.165, 1.54) is 22.3 Å². The number of fused-ring (bicyclic) bond motifs is 3. The highest BCUT2D eigenvalue weighted by atomic mass is 16.2. The Morgan fingerprint density at radius 2 is 1.67 bits per heavy atom. The van der Waals surface area contributed by atoms with Crippen LogP contribution in [-0.4, -0.2) is 21.7 Å². The maximum atomic E-state index is 13.6. The van der Waals surface area contributed by atoms with Crippen molar-refractivity contribution < 1.29 is 4.79 Å². The van der Waals surface area contributed by atoms with Gasteiger partial charge in [0.15, 0.2) is 0 Å². The van der Waals surface area contributed by atoms with Gasteiger partial charge in [-0.25, -0.2) is 14.6 Å². The Bertz CT molecular complexity index is 1370. The summed E-state index contributed by atoms with van der Waals surface area (Å²) in [5, 5.41) is 2.58. The molecule has 7 nitrogen and oxygen atoms in total. The number of carbonyl (C=O) groups excluding carboxylic acids is 1. The minimum absolute atomic E-state index is 0.135. The van der Waals surface area contributed by atoms with Gasteiger partial charge >= 0.3 is 11.7 Å². The third-order valence-electron chi connectivity index (χ3n) is 6.39. The number of amides is 2. The van der Waals surface area contributed by atoms with Crippen LogP contribution in [0.1, 0.15) is 33.4 Å². The Labute approximate surface area is 193 Å². The summed E-state index contributed by atoms with van der Waals surface area (Å²) in [4.78, 5) is 29.8. The van der Waals surface area contributed by atoms with Crippen LogP contribution < -0.4 is 22.2 Å². The molecule has 3 N–H and O–H groups in total. The van der Waals surface area contributed by atoms with Crippen molar-refractivity contribution in [2.24, 2.45) is 10.7 Å². The number of nitrogens with zero attached hydrogens (tertiary/aromatic N) is 3. The van der Waals surface area contributed by atoms with Crippen molar-refractivity contribution in [3.63, 3.8) is 0 Å². The molecule has 2 heterocycles. The van der Waals surface area contributed by atoms with Crippen molar-refractivity contribution in [3.05, 3.63) is 79.7 Å². The standard InChI is InChI=1S/C26H31N5O2/c1-15-10-18(4)24(19(5)11-15)29-23-14-22-21-13-17(3)16(2)12-20(21)6-8-30(22)26(33)31(23)9-7-28-25(27)32/h10-14H,6-9H2,1-5H3,(H3,27,28,32). The molecular weight excluding hydrogens is 414 g/mol. The van der Waals surface area contributed by atoms with E-state index in [1.807, 2.05) is 24.5 Å². The van der Waals surface area contributed by atoms with E-state index in [1.54, 1.807) is 4.57 Å². The average molecular weight is 446 g/mol. The first kappa shape index (κ1) is 22.6. The molecule has 2 aromatic carbocycles. The van der Waals surface area contributed by atoms with Crippen molar-refractivity contribution in [1.29, 1.82) is 0 Å². The number of aryl methyl sites for hydroxylation is 6. The zero-order valence-electron chi connectivity index (χ0n) is 20.0.